The molecule has 0 aliphatic carbocycles. The van der Waals surface area contributed by atoms with Crippen LogP contribution in [0.15, 0.2) is 97.1 Å². The van der Waals surface area contributed by atoms with E-state index in [1.54, 1.807) is 0 Å². The Hall–Kier alpha value is -3.36. The number of para-hydroxylation sites is 1. The van der Waals surface area contributed by atoms with Gasteiger partial charge in [-0.1, -0.05) is 110 Å². The maximum Gasteiger partial charge on any atom is 0.146 e. The summed E-state index contributed by atoms with van der Waals surface area (Å²) in [6, 6.07) is 33.4. The van der Waals surface area contributed by atoms with E-state index in [1.807, 2.05) is 30.3 Å². The number of fused-ring (bicyclic) bond motifs is 3. The first kappa shape index (κ1) is 19.6. The number of nitrogens with zero attached hydrogens (tertiary/aromatic N) is 1. The molecule has 4 aromatic carbocycles. The standard InChI is InChI=1S/C29H26NO/c1-3-21-13-17-23(18-14-21)29(24-19-15-22(4-2)16-20-24)27-11-7-5-9-25(27)26-10-6-8-12-28(26)30(29)31/h5-20H,3-4H2,1-2H3. The van der Waals surface area contributed by atoms with Crippen LogP contribution in [0.5, 0.6) is 0 Å². The van der Waals surface area contributed by atoms with E-state index in [1.165, 1.54) is 16.2 Å². The predicted octanol–water partition coefficient (Wildman–Crippen LogP) is 6.94. The third-order valence-corrected chi connectivity index (χ3v) is 6.59. The average Bonchev–Trinajstić information content (AvgIpc) is 2.85. The van der Waals surface area contributed by atoms with Crippen molar-refractivity contribution in [2.75, 3.05) is 5.06 Å². The minimum absolute atomic E-state index is 0.709. The van der Waals surface area contributed by atoms with Crippen molar-refractivity contribution in [3.05, 3.63) is 125 Å². The third kappa shape index (κ3) is 2.90. The van der Waals surface area contributed by atoms with Crippen LogP contribution in [0.2, 0.25) is 0 Å². The number of anilines is 1. The molecule has 0 saturated carbocycles. The van der Waals surface area contributed by atoms with Crippen LogP contribution in [0.25, 0.3) is 11.1 Å². The van der Waals surface area contributed by atoms with Gasteiger partial charge in [-0.3, -0.25) is 0 Å². The van der Waals surface area contributed by atoms with Gasteiger partial charge < -0.3 is 0 Å². The Morgan fingerprint density at radius 1 is 0.613 bits per heavy atom. The van der Waals surface area contributed by atoms with Gasteiger partial charge in [-0.05, 0) is 52.3 Å². The third-order valence-electron chi connectivity index (χ3n) is 6.59. The molecule has 1 aliphatic heterocycles. The van der Waals surface area contributed by atoms with Gasteiger partial charge in [-0.25, -0.2) is 5.06 Å². The lowest BCUT2D eigenvalue weighted by Crippen LogP contribution is -2.48. The van der Waals surface area contributed by atoms with Crippen LogP contribution in [0.3, 0.4) is 0 Å². The van der Waals surface area contributed by atoms with Crippen LogP contribution in [0.4, 0.5) is 5.69 Å². The smallest absolute Gasteiger partial charge is 0.146 e. The van der Waals surface area contributed by atoms with Gasteiger partial charge in [0, 0.05) is 5.56 Å². The number of rotatable bonds is 4. The largest absolute Gasteiger partial charge is 0.200 e. The Balaban J connectivity index is 1.87. The molecule has 0 unspecified atom stereocenters. The van der Waals surface area contributed by atoms with E-state index in [4.69, 9.17) is 0 Å². The first-order chi connectivity index (χ1) is 15.2. The number of hydroxylamine groups is 1. The SMILES string of the molecule is CCc1ccc(C2(c3ccc(CC)cc3)c3ccccc3-c3ccccc3N2[O])cc1. The first-order valence-corrected chi connectivity index (χ1v) is 11.0. The zero-order chi connectivity index (χ0) is 21.4. The molecular weight excluding hydrogens is 378 g/mol. The summed E-state index contributed by atoms with van der Waals surface area (Å²) in [5.41, 5.74) is 7.41. The zero-order valence-electron chi connectivity index (χ0n) is 18.0. The summed E-state index contributed by atoms with van der Waals surface area (Å²) < 4.78 is 0. The van der Waals surface area contributed by atoms with Crippen molar-refractivity contribution in [1.82, 2.24) is 0 Å². The van der Waals surface area contributed by atoms with Crippen molar-refractivity contribution in [1.29, 1.82) is 0 Å². The summed E-state index contributed by atoms with van der Waals surface area (Å²) in [6.45, 7) is 4.31. The van der Waals surface area contributed by atoms with E-state index >= 15 is 0 Å². The van der Waals surface area contributed by atoms with Gasteiger partial charge in [0.25, 0.3) is 0 Å². The van der Waals surface area contributed by atoms with Gasteiger partial charge in [0.2, 0.25) is 0 Å². The molecule has 0 atom stereocenters. The number of hydrogen-bond acceptors (Lipinski definition) is 1. The zero-order valence-corrected chi connectivity index (χ0v) is 18.0. The Kier molecular flexibility index (Phi) is 4.88. The van der Waals surface area contributed by atoms with Crippen molar-refractivity contribution < 1.29 is 5.21 Å². The molecule has 1 radical (unpaired) electrons. The molecule has 1 heterocycles. The van der Waals surface area contributed by atoms with Gasteiger partial charge in [0.05, 0.1) is 5.69 Å². The van der Waals surface area contributed by atoms with Crippen molar-refractivity contribution in [2.24, 2.45) is 0 Å². The van der Waals surface area contributed by atoms with Crippen molar-refractivity contribution >= 4 is 5.69 Å². The topological polar surface area (TPSA) is 23.1 Å². The quantitative estimate of drug-likeness (QED) is 0.361. The highest BCUT2D eigenvalue weighted by atomic mass is 16.5. The Morgan fingerprint density at radius 2 is 1.10 bits per heavy atom. The fraction of sp³-hybridized carbons (Fsp3) is 0.172. The Bertz CT molecular complexity index is 1160. The highest BCUT2D eigenvalue weighted by Crippen LogP contribution is 2.53. The molecule has 0 bridgehead atoms. The maximum atomic E-state index is 14.3. The lowest BCUT2D eigenvalue weighted by Gasteiger charge is -2.45. The van der Waals surface area contributed by atoms with Gasteiger partial charge in [-0.15, -0.1) is 0 Å². The van der Waals surface area contributed by atoms with Crippen molar-refractivity contribution in [3.63, 3.8) is 0 Å². The van der Waals surface area contributed by atoms with E-state index in [0.717, 1.165) is 40.7 Å². The molecule has 5 rings (SSSR count). The van der Waals surface area contributed by atoms with Crippen molar-refractivity contribution in [2.45, 2.75) is 32.2 Å². The number of aryl methyl sites for hydroxylation is 2. The lowest BCUT2D eigenvalue weighted by atomic mass is 9.71. The second kappa shape index (κ2) is 7.72. The fourth-order valence-corrected chi connectivity index (χ4v) is 4.88. The molecule has 4 aromatic rings. The minimum Gasteiger partial charge on any atom is -0.200 e. The van der Waals surface area contributed by atoms with Crippen LogP contribution in [-0.4, -0.2) is 0 Å². The minimum atomic E-state index is -0.941. The van der Waals surface area contributed by atoms with Crippen LogP contribution < -0.4 is 5.06 Å². The molecule has 2 heteroatoms. The van der Waals surface area contributed by atoms with E-state index in [-0.39, 0.29) is 0 Å². The van der Waals surface area contributed by atoms with Gasteiger partial charge in [-0.2, -0.15) is 0 Å². The highest BCUT2D eigenvalue weighted by molar-refractivity contribution is 5.87. The number of hydrogen-bond donors (Lipinski definition) is 0. The Labute approximate surface area is 184 Å². The van der Waals surface area contributed by atoms with E-state index in [9.17, 15) is 5.21 Å². The summed E-state index contributed by atoms with van der Waals surface area (Å²) >= 11 is 0. The summed E-state index contributed by atoms with van der Waals surface area (Å²) in [6.07, 6.45) is 1.94. The normalized spacial score (nSPS) is 14.1. The molecule has 1 aliphatic rings. The summed E-state index contributed by atoms with van der Waals surface area (Å²) in [7, 11) is 0. The predicted molar refractivity (Wildman–Crippen MR) is 127 cm³/mol. The van der Waals surface area contributed by atoms with Gasteiger partial charge in [0.1, 0.15) is 5.54 Å². The molecule has 0 N–H and O–H groups in total. The average molecular weight is 405 g/mol. The molecule has 0 fully saturated rings. The molecule has 0 saturated heterocycles. The molecule has 0 aromatic heterocycles. The van der Waals surface area contributed by atoms with Crippen LogP contribution >= 0.6 is 0 Å². The second-order valence-corrected chi connectivity index (χ2v) is 8.17. The lowest BCUT2D eigenvalue weighted by molar-refractivity contribution is 0.110. The fourth-order valence-electron chi connectivity index (χ4n) is 4.88. The monoisotopic (exact) mass is 404 g/mol. The highest BCUT2D eigenvalue weighted by Gasteiger charge is 2.48. The molecule has 2 nitrogen and oxygen atoms in total. The van der Waals surface area contributed by atoms with E-state index in [2.05, 4.69) is 80.6 Å². The molecule has 0 amide bonds. The van der Waals surface area contributed by atoms with Crippen LogP contribution in [0, 0.1) is 0 Å². The van der Waals surface area contributed by atoms with Gasteiger partial charge >= 0.3 is 0 Å². The molecular formula is C29H26NO. The second-order valence-electron chi connectivity index (χ2n) is 8.17. The first-order valence-electron chi connectivity index (χ1n) is 11.0. The summed E-state index contributed by atoms with van der Waals surface area (Å²) in [4.78, 5) is 0. The molecule has 31 heavy (non-hydrogen) atoms. The number of benzene rings is 4. The van der Waals surface area contributed by atoms with Gasteiger partial charge in [0.15, 0.2) is 0 Å². The molecule has 0 spiro atoms. The van der Waals surface area contributed by atoms with Crippen LogP contribution in [0.1, 0.15) is 41.7 Å². The van der Waals surface area contributed by atoms with Crippen molar-refractivity contribution in [3.8, 4) is 11.1 Å². The molecule has 153 valence electrons. The summed E-state index contributed by atoms with van der Waals surface area (Å²) in [5.74, 6) is 0. The summed E-state index contributed by atoms with van der Waals surface area (Å²) in [5, 5.41) is 15.6. The van der Waals surface area contributed by atoms with E-state index < -0.39 is 5.54 Å². The van der Waals surface area contributed by atoms with Crippen LogP contribution in [-0.2, 0) is 23.6 Å². The Morgan fingerprint density at radius 3 is 1.65 bits per heavy atom. The van der Waals surface area contributed by atoms with E-state index in [0.29, 0.717) is 5.69 Å². The maximum absolute atomic E-state index is 14.3.